The highest BCUT2D eigenvalue weighted by atomic mass is 35.5. The smallest absolute Gasteiger partial charge is 0.101 e. The van der Waals surface area contributed by atoms with Crippen LogP contribution in [0.25, 0.3) is 10.6 Å². The number of nitriles is 1. The number of benzene rings is 2. The Balaban J connectivity index is 2.59. The maximum atomic E-state index is 9.32. The normalized spacial score (nSPS) is 11.7. The molecule has 3 heteroatoms. The molecule has 0 amide bonds. The number of hydrogen-bond acceptors (Lipinski definition) is 1. The van der Waals surface area contributed by atoms with Crippen LogP contribution in [0.2, 0.25) is 5.02 Å². The third-order valence-electron chi connectivity index (χ3n) is 2.69. The third kappa shape index (κ3) is 3.17. The zero-order chi connectivity index (χ0) is 13.8. The molecule has 0 saturated carbocycles. The molecule has 0 fully saturated rings. The summed E-state index contributed by atoms with van der Waals surface area (Å²) in [4.78, 5) is 0. The van der Waals surface area contributed by atoms with E-state index in [2.05, 4.69) is 6.07 Å². The Morgan fingerprint density at radius 3 is 2.32 bits per heavy atom. The molecule has 19 heavy (non-hydrogen) atoms. The van der Waals surface area contributed by atoms with Gasteiger partial charge in [0.1, 0.15) is 6.07 Å². The molecule has 0 saturated heterocycles. The average Bonchev–Trinajstić information content (AvgIpc) is 2.39. The van der Waals surface area contributed by atoms with E-state index in [4.69, 9.17) is 23.2 Å². The molecule has 2 aromatic carbocycles. The Morgan fingerprint density at radius 1 is 1.05 bits per heavy atom. The standard InChI is InChI=1S/C16H11Cl2N/c1-11-7-13(9-14(17)8-11)16(18)15(10-19)12-5-3-2-4-6-12/h2-9H,1H3/b16-15+. The molecule has 94 valence electrons. The first-order valence-electron chi connectivity index (χ1n) is 5.74. The number of rotatable bonds is 2. The number of aryl methyl sites for hydroxylation is 1. The van der Waals surface area contributed by atoms with E-state index in [1.54, 1.807) is 6.07 Å². The summed E-state index contributed by atoms with van der Waals surface area (Å²) in [6.45, 7) is 1.94. The Labute approximate surface area is 122 Å². The molecule has 0 aromatic heterocycles. The van der Waals surface area contributed by atoms with E-state index in [1.807, 2.05) is 49.4 Å². The minimum absolute atomic E-state index is 0.416. The molecule has 2 aromatic rings. The summed E-state index contributed by atoms with van der Waals surface area (Å²) < 4.78 is 0. The van der Waals surface area contributed by atoms with E-state index >= 15 is 0 Å². The fraction of sp³-hybridized carbons (Fsp3) is 0.0625. The van der Waals surface area contributed by atoms with Crippen molar-refractivity contribution in [1.82, 2.24) is 0 Å². The molecule has 0 unspecified atom stereocenters. The molecule has 1 nitrogen and oxygen atoms in total. The van der Waals surface area contributed by atoms with Crippen LogP contribution < -0.4 is 0 Å². The zero-order valence-corrected chi connectivity index (χ0v) is 11.8. The summed E-state index contributed by atoms with van der Waals surface area (Å²) in [5.74, 6) is 0. The molecule has 0 heterocycles. The highest BCUT2D eigenvalue weighted by Gasteiger charge is 2.10. The molecule has 0 bridgehead atoms. The highest BCUT2D eigenvalue weighted by Crippen LogP contribution is 2.31. The molecular weight excluding hydrogens is 277 g/mol. The summed E-state index contributed by atoms with van der Waals surface area (Å²) in [5, 5.41) is 10.4. The van der Waals surface area contributed by atoms with E-state index in [-0.39, 0.29) is 0 Å². The van der Waals surface area contributed by atoms with Gasteiger partial charge in [0.25, 0.3) is 0 Å². The van der Waals surface area contributed by atoms with Crippen LogP contribution in [0, 0.1) is 18.3 Å². The van der Waals surface area contributed by atoms with Crippen molar-refractivity contribution in [2.75, 3.05) is 0 Å². The molecule has 0 aliphatic carbocycles. The topological polar surface area (TPSA) is 23.8 Å². The van der Waals surface area contributed by atoms with E-state index in [0.717, 1.165) is 16.7 Å². The Bertz CT molecular complexity index is 647. The van der Waals surface area contributed by atoms with Gasteiger partial charge in [0, 0.05) is 5.02 Å². The zero-order valence-electron chi connectivity index (χ0n) is 10.3. The maximum absolute atomic E-state index is 9.32. The monoisotopic (exact) mass is 287 g/mol. The Hall–Kier alpha value is -1.75. The summed E-state index contributed by atoms with van der Waals surface area (Å²) in [5.41, 5.74) is 3.01. The lowest BCUT2D eigenvalue weighted by Gasteiger charge is -2.06. The van der Waals surface area contributed by atoms with Gasteiger partial charge in [-0.1, -0.05) is 59.6 Å². The largest absolute Gasteiger partial charge is 0.192 e. The lowest BCUT2D eigenvalue weighted by atomic mass is 10.0. The quantitative estimate of drug-likeness (QED) is 0.545. The first kappa shape index (κ1) is 13.7. The SMILES string of the molecule is Cc1cc(Cl)cc(/C(Cl)=C(/C#N)c2ccccc2)c1. The number of allylic oxidation sites excluding steroid dienone is 1. The van der Waals surface area contributed by atoms with Gasteiger partial charge in [0.2, 0.25) is 0 Å². The van der Waals surface area contributed by atoms with Gasteiger partial charge in [-0.3, -0.25) is 0 Å². The molecular formula is C16H11Cl2N. The van der Waals surface area contributed by atoms with Crippen molar-refractivity contribution in [2.24, 2.45) is 0 Å². The number of halogens is 2. The van der Waals surface area contributed by atoms with Crippen molar-refractivity contribution in [2.45, 2.75) is 6.92 Å². The van der Waals surface area contributed by atoms with Crippen molar-refractivity contribution >= 4 is 33.8 Å². The van der Waals surface area contributed by atoms with Crippen molar-refractivity contribution < 1.29 is 0 Å². The summed E-state index contributed by atoms with van der Waals surface area (Å²) in [6, 6.07) is 17.1. The van der Waals surface area contributed by atoms with Crippen molar-refractivity contribution in [3.63, 3.8) is 0 Å². The molecule has 0 aliphatic heterocycles. The van der Waals surface area contributed by atoms with E-state index < -0.39 is 0 Å². The predicted octanol–water partition coefficient (Wildman–Crippen LogP) is 5.28. The van der Waals surface area contributed by atoms with Crippen molar-refractivity contribution in [1.29, 1.82) is 5.26 Å². The van der Waals surface area contributed by atoms with Gasteiger partial charge in [-0.05, 0) is 35.7 Å². The third-order valence-corrected chi connectivity index (χ3v) is 3.31. The summed E-state index contributed by atoms with van der Waals surface area (Å²) >= 11 is 12.4. The molecule has 0 aliphatic rings. The van der Waals surface area contributed by atoms with Crippen LogP contribution in [0.5, 0.6) is 0 Å². The van der Waals surface area contributed by atoms with Crippen LogP contribution in [-0.2, 0) is 0 Å². The van der Waals surface area contributed by atoms with E-state index in [9.17, 15) is 5.26 Å². The second-order valence-corrected chi connectivity index (χ2v) is 5.00. The number of nitrogens with zero attached hydrogens (tertiary/aromatic N) is 1. The second-order valence-electron chi connectivity index (χ2n) is 4.18. The van der Waals surface area contributed by atoms with Crippen LogP contribution in [-0.4, -0.2) is 0 Å². The summed E-state index contributed by atoms with van der Waals surface area (Å²) in [6.07, 6.45) is 0. The molecule has 2 rings (SSSR count). The van der Waals surface area contributed by atoms with Gasteiger partial charge in [-0.25, -0.2) is 0 Å². The average molecular weight is 288 g/mol. The lowest BCUT2D eigenvalue weighted by Crippen LogP contribution is -1.87. The predicted molar refractivity (Wildman–Crippen MR) is 80.9 cm³/mol. The lowest BCUT2D eigenvalue weighted by molar-refractivity contribution is 1.45. The van der Waals surface area contributed by atoms with Gasteiger partial charge in [-0.15, -0.1) is 0 Å². The highest BCUT2D eigenvalue weighted by molar-refractivity contribution is 6.53. The molecule has 0 spiro atoms. The number of hydrogen-bond donors (Lipinski definition) is 0. The van der Waals surface area contributed by atoms with E-state index in [1.165, 1.54) is 0 Å². The van der Waals surface area contributed by atoms with Crippen LogP contribution in [0.15, 0.2) is 48.5 Å². The Morgan fingerprint density at radius 2 is 1.74 bits per heavy atom. The van der Waals surface area contributed by atoms with Gasteiger partial charge >= 0.3 is 0 Å². The fourth-order valence-electron chi connectivity index (χ4n) is 1.85. The van der Waals surface area contributed by atoms with Gasteiger partial charge in [0.15, 0.2) is 0 Å². The minimum atomic E-state index is 0.416. The van der Waals surface area contributed by atoms with Crippen molar-refractivity contribution in [3.8, 4) is 6.07 Å². The first-order chi connectivity index (χ1) is 9.11. The van der Waals surface area contributed by atoms with Crippen molar-refractivity contribution in [3.05, 3.63) is 70.2 Å². The molecule has 0 radical (unpaired) electrons. The Kier molecular flexibility index (Phi) is 4.27. The first-order valence-corrected chi connectivity index (χ1v) is 6.50. The van der Waals surface area contributed by atoms with Gasteiger partial charge in [0.05, 0.1) is 10.6 Å². The van der Waals surface area contributed by atoms with Crippen LogP contribution in [0.4, 0.5) is 0 Å². The van der Waals surface area contributed by atoms with Crippen LogP contribution in [0.3, 0.4) is 0 Å². The second kappa shape index (κ2) is 5.93. The maximum Gasteiger partial charge on any atom is 0.101 e. The minimum Gasteiger partial charge on any atom is -0.192 e. The van der Waals surface area contributed by atoms with Gasteiger partial charge < -0.3 is 0 Å². The van der Waals surface area contributed by atoms with Crippen LogP contribution in [0.1, 0.15) is 16.7 Å². The van der Waals surface area contributed by atoms with Crippen LogP contribution >= 0.6 is 23.2 Å². The molecule has 0 atom stereocenters. The van der Waals surface area contributed by atoms with E-state index in [0.29, 0.717) is 15.6 Å². The summed E-state index contributed by atoms with van der Waals surface area (Å²) in [7, 11) is 0. The fourth-order valence-corrected chi connectivity index (χ4v) is 2.40. The molecule has 0 N–H and O–H groups in total. The van der Waals surface area contributed by atoms with Gasteiger partial charge in [-0.2, -0.15) is 5.26 Å².